The number of para-hydroxylation sites is 1. The normalized spacial score (nSPS) is 12.9. The third kappa shape index (κ3) is 2.05. The van der Waals surface area contributed by atoms with Crippen LogP contribution in [0.1, 0.15) is 31.7 Å². The summed E-state index contributed by atoms with van der Waals surface area (Å²) in [4.78, 5) is 14.4. The molecule has 2 nitrogen and oxygen atoms in total. The van der Waals surface area contributed by atoms with Gasteiger partial charge in [-0.1, -0.05) is 19.1 Å². The molecule has 2 aromatic rings. The van der Waals surface area contributed by atoms with Crippen molar-refractivity contribution in [2.75, 3.05) is 0 Å². The number of carbonyl (C=O) groups excluding carboxylic acids is 1. The van der Waals surface area contributed by atoms with Gasteiger partial charge in [-0.3, -0.25) is 0 Å². The second-order valence-corrected chi connectivity index (χ2v) is 5.07. The summed E-state index contributed by atoms with van der Waals surface area (Å²) in [6.07, 6.45) is 2.60. The van der Waals surface area contributed by atoms with Gasteiger partial charge < -0.3 is 9.78 Å². The Morgan fingerprint density at radius 2 is 2.25 bits per heavy atom. The van der Waals surface area contributed by atoms with Crippen LogP contribution in [0.2, 0.25) is 0 Å². The molecule has 0 saturated heterocycles. The van der Waals surface area contributed by atoms with Crippen LogP contribution in [-0.4, -0.2) is 10.8 Å². The highest BCUT2D eigenvalue weighted by Gasteiger charge is 2.13. The van der Waals surface area contributed by atoms with Crippen LogP contribution in [0, 0.1) is 0 Å². The number of ketones is 1. The summed E-state index contributed by atoms with van der Waals surface area (Å²) < 4.78 is 1.06. The van der Waals surface area contributed by atoms with Gasteiger partial charge in [-0.05, 0) is 40.4 Å². The molecule has 0 spiro atoms. The summed E-state index contributed by atoms with van der Waals surface area (Å²) in [5.74, 6) is 0.498. The first-order chi connectivity index (χ1) is 7.59. The zero-order valence-electron chi connectivity index (χ0n) is 9.38. The van der Waals surface area contributed by atoms with E-state index in [-0.39, 0.29) is 11.7 Å². The van der Waals surface area contributed by atoms with Gasteiger partial charge in [0.15, 0.2) is 0 Å². The van der Waals surface area contributed by atoms with Crippen molar-refractivity contribution in [1.82, 2.24) is 4.98 Å². The molecule has 2 rings (SSSR count). The van der Waals surface area contributed by atoms with E-state index in [1.807, 2.05) is 18.3 Å². The second kappa shape index (κ2) is 4.42. The van der Waals surface area contributed by atoms with Gasteiger partial charge in [-0.25, -0.2) is 0 Å². The number of halogens is 1. The summed E-state index contributed by atoms with van der Waals surface area (Å²) in [5.41, 5.74) is 2.32. The number of fused-ring (bicyclic) bond motifs is 1. The van der Waals surface area contributed by atoms with Crippen LogP contribution in [-0.2, 0) is 4.79 Å². The monoisotopic (exact) mass is 279 g/mol. The lowest BCUT2D eigenvalue weighted by atomic mass is 9.96. The first-order valence-electron chi connectivity index (χ1n) is 5.34. The standard InChI is InChI=1S/C13H14BrNO/c1-8(6-9(2)16)11-7-15-13-10(11)4-3-5-12(13)14/h3-5,7-8,15H,6H2,1-2H3. The van der Waals surface area contributed by atoms with Gasteiger partial charge in [0.25, 0.3) is 0 Å². The molecule has 16 heavy (non-hydrogen) atoms. The van der Waals surface area contributed by atoms with Crippen LogP contribution in [0.15, 0.2) is 28.9 Å². The summed E-state index contributed by atoms with van der Waals surface area (Å²) in [5, 5.41) is 1.20. The van der Waals surface area contributed by atoms with Gasteiger partial charge in [0, 0.05) is 22.5 Å². The van der Waals surface area contributed by atoms with Crippen molar-refractivity contribution in [2.45, 2.75) is 26.2 Å². The van der Waals surface area contributed by atoms with E-state index in [0.717, 1.165) is 9.99 Å². The first kappa shape index (κ1) is 11.4. The van der Waals surface area contributed by atoms with Gasteiger partial charge in [0.05, 0.1) is 5.52 Å². The maximum atomic E-state index is 11.1. The molecular formula is C13H14BrNO. The number of nitrogens with one attached hydrogen (secondary N) is 1. The molecule has 3 heteroatoms. The van der Waals surface area contributed by atoms with Crippen LogP contribution >= 0.6 is 15.9 Å². The number of benzene rings is 1. The third-order valence-electron chi connectivity index (χ3n) is 2.82. The molecule has 1 atom stereocenters. The highest BCUT2D eigenvalue weighted by molar-refractivity contribution is 9.10. The molecule has 0 aliphatic heterocycles. The minimum absolute atomic E-state index is 0.233. The SMILES string of the molecule is CC(=O)CC(C)c1c[nH]c2c(Br)cccc12. The minimum atomic E-state index is 0.233. The van der Waals surface area contributed by atoms with E-state index in [2.05, 4.69) is 33.9 Å². The molecule has 0 fully saturated rings. The molecule has 0 radical (unpaired) electrons. The Morgan fingerprint density at radius 1 is 1.50 bits per heavy atom. The van der Waals surface area contributed by atoms with E-state index in [4.69, 9.17) is 0 Å². The minimum Gasteiger partial charge on any atom is -0.360 e. The van der Waals surface area contributed by atoms with Crippen molar-refractivity contribution in [3.05, 3.63) is 34.4 Å². The molecular weight excluding hydrogens is 266 g/mol. The summed E-state index contributed by atoms with van der Waals surface area (Å²) in [6, 6.07) is 6.12. The first-order valence-corrected chi connectivity index (χ1v) is 6.14. The number of hydrogen-bond acceptors (Lipinski definition) is 1. The quantitative estimate of drug-likeness (QED) is 0.905. The van der Waals surface area contributed by atoms with E-state index in [9.17, 15) is 4.79 Å². The summed E-state index contributed by atoms with van der Waals surface area (Å²) in [6.45, 7) is 3.73. The number of Topliss-reactive ketones (excluding diaryl/α,β-unsaturated/α-hetero) is 1. The van der Waals surface area contributed by atoms with Gasteiger partial charge >= 0.3 is 0 Å². The molecule has 1 N–H and O–H groups in total. The Hall–Kier alpha value is -1.09. The maximum absolute atomic E-state index is 11.1. The number of rotatable bonds is 3. The molecule has 0 amide bonds. The fourth-order valence-electron chi connectivity index (χ4n) is 2.09. The van der Waals surface area contributed by atoms with Crippen LogP contribution in [0.4, 0.5) is 0 Å². The number of hydrogen-bond donors (Lipinski definition) is 1. The fraction of sp³-hybridized carbons (Fsp3) is 0.308. The Labute approximate surface area is 103 Å². The summed E-state index contributed by atoms with van der Waals surface area (Å²) in [7, 11) is 0. The van der Waals surface area contributed by atoms with Gasteiger partial charge in [-0.2, -0.15) is 0 Å². The van der Waals surface area contributed by atoms with Crippen molar-refractivity contribution in [3.8, 4) is 0 Å². The maximum Gasteiger partial charge on any atom is 0.130 e. The smallest absolute Gasteiger partial charge is 0.130 e. The largest absolute Gasteiger partial charge is 0.360 e. The molecule has 0 saturated carbocycles. The second-order valence-electron chi connectivity index (χ2n) is 4.21. The molecule has 0 aliphatic carbocycles. The number of H-pyrrole nitrogens is 1. The van der Waals surface area contributed by atoms with Crippen LogP contribution < -0.4 is 0 Å². The highest BCUT2D eigenvalue weighted by Crippen LogP contribution is 2.31. The van der Waals surface area contributed by atoms with Gasteiger partial charge in [0.1, 0.15) is 5.78 Å². The molecule has 1 aromatic carbocycles. The molecule has 1 heterocycles. The highest BCUT2D eigenvalue weighted by atomic mass is 79.9. The van der Waals surface area contributed by atoms with Crippen molar-refractivity contribution < 1.29 is 4.79 Å². The van der Waals surface area contributed by atoms with Crippen LogP contribution in [0.5, 0.6) is 0 Å². The van der Waals surface area contributed by atoms with E-state index in [1.54, 1.807) is 6.92 Å². The van der Waals surface area contributed by atoms with E-state index in [1.165, 1.54) is 10.9 Å². The molecule has 1 aromatic heterocycles. The van der Waals surface area contributed by atoms with E-state index in [0.29, 0.717) is 6.42 Å². The zero-order valence-corrected chi connectivity index (χ0v) is 11.0. The van der Waals surface area contributed by atoms with Crippen molar-refractivity contribution in [1.29, 1.82) is 0 Å². The lowest BCUT2D eigenvalue weighted by molar-refractivity contribution is -0.117. The van der Waals surface area contributed by atoms with E-state index >= 15 is 0 Å². The van der Waals surface area contributed by atoms with Crippen molar-refractivity contribution in [3.63, 3.8) is 0 Å². The molecule has 0 aliphatic rings. The van der Waals surface area contributed by atoms with Crippen LogP contribution in [0.3, 0.4) is 0 Å². The number of aromatic amines is 1. The average Bonchev–Trinajstić information content (AvgIpc) is 2.61. The average molecular weight is 280 g/mol. The topological polar surface area (TPSA) is 32.9 Å². The zero-order chi connectivity index (χ0) is 11.7. The van der Waals surface area contributed by atoms with Gasteiger partial charge in [-0.15, -0.1) is 0 Å². The molecule has 0 bridgehead atoms. The molecule has 1 unspecified atom stereocenters. The Kier molecular flexibility index (Phi) is 3.15. The van der Waals surface area contributed by atoms with Crippen molar-refractivity contribution >= 4 is 32.6 Å². The fourth-order valence-corrected chi connectivity index (χ4v) is 2.57. The third-order valence-corrected chi connectivity index (χ3v) is 3.48. The Bertz CT molecular complexity index is 530. The van der Waals surface area contributed by atoms with Gasteiger partial charge in [0.2, 0.25) is 0 Å². The lowest BCUT2D eigenvalue weighted by Gasteiger charge is -2.07. The number of carbonyl (C=O) groups is 1. The predicted octanol–water partition coefficient (Wildman–Crippen LogP) is 4.01. The Morgan fingerprint density at radius 3 is 2.94 bits per heavy atom. The molecule has 84 valence electrons. The predicted molar refractivity (Wildman–Crippen MR) is 69.7 cm³/mol. The number of aromatic nitrogens is 1. The summed E-state index contributed by atoms with van der Waals surface area (Å²) >= 11 is 3.51. The van der Waals surface area contributed by atoms with Crippen LogP contribution in [0.25, 0.3) is 10.9 Å². The lowest BCUT2D eigenvalue weighted by Crippen LogP contribution is -1.99. The Balaban J connectivity index is 2.46. The van der Waals surface area contributed by atoms with E-state index < -0.39 is 0 Å². The van der Waals surface area contributed by atoms with Crippen molar-refractivity contribution in [2.24, 2.45) is 0 Å².